The van der Waals surface area contributed by atoms with E-state index < -0.39 is 52.3 Å². The maximum Gasteiger partial charge on any atom is 0.430 e. The number of nitrogens with zero attached hydrogens (tertiary/aromatic N) is 2. The summed E-state index contributed by atoms with van der Waals surface area (Å²) in [5.74, 6) is -0.0907. The minimum Gasteiger partial charge on any atom is -0.530 e. The highest BCUT2D eigenvalue weighted by atomic mass is 19.4. The molecular weight excluding hydrogens is 514 g/mol. The molecule has 0 aromatic heterocycles. The Morgan fingerprint density at radius 1 is 0.892 bits per heavy atom. The minimum atomic E-state index is -6.13. The van der Waals surface area contributed by atoms with E-state index in [0.29, 0.717) is 12.1 Å². The monoisotopic (exact) mass is 540 g/mol. The number of aliphatic hydroxyl groups is 1. The first-order chi connectivity index (χ1) is 16.4. The van der Waals surface area contributed by atoms with Crippen LogP contribution < -0.4 is 10.2 Å². The lowest BCUT2D eigenvalue weighted by Crippen LogP contribution is -2.74. The third kappa shape index (κ3) is 4.49. The fourth-order valence-electron chi connectivity index (χ4n) is 4.55. The van der Waals surface area contributed by atoms with E-state index in [1.54, 1.807) is 20.8 Å². The Hall–Kier alpha value is -3.00. The molecule has 208 valence electrons. The highest BCUT2D eigenvalue weighted by Gasteiger charge is 2.71. The molecule has 8 nitrogen and oxygen atoms in total. The number of carbonyl (C=O) groups is 2. The van der Waals surface area contributed by atoms with E-state index in [1.807, 2.05) is 0 Å². The number of amides is 2. The zero-order chi connectivity index (χ0) is 29.2. The lowest BCUT2D eigenvalue weighted by atomic mass is 9.71. The molecule has 14 heteroatoms. The minimum absolute atomic E-state index is 0.0907. The molecule has 1 unspecified atom stereocenters. The fraction of sp³-hybridized carbons (Fsp3) is 0.565. The summed E-state index contributed by atoms with van der Waals surface area (Å²) in [5, 5.41) is 35.0. The lowest BCUT2D eigenvalue weighted by molar-refractivity contribution is -0.376. The number of hydrogen-bond donors (Lipinski definition) is 1. The number of carbonyl (C=O) groups excluding carboxylic acids is 2. The largest absolute Gasteiger partial charge is 0.530 e. The average Bonchev–Trinajstić information content (AvgIpc) is 2.99. The zero-order valence-electron chi connectivity index (χ0n) is 21.0. The van der Waals surface area contributed by atoms with Crippen LogP contribution >= 0.6 is 0 Å². The maximum atomic E-state index is 13.3. The second-order valence-corrected chi connectivity index (χ2v) is 10.6. The van der Waals surface area contributed by atoms with Crippen molar-refractivity contribution in [2.24, 2.45) is 5.41 Å². The third-order valence-corrected chi connectivity index (χ3v) is 5.98. The molecule has 1 aliphatic heterocycles. The highest BCUT2D eigenvalue weighted by Crippen LogP contribution is 2.56. The van der Waals surface area contributed by atoms with Crippen molar-refractivity contribution in [3.8, 4) is 0 Å². The van der Waals surface area contributed by atoms with Crippen LogP contribution in [0.3, 0.4) is 0 Å². The third-order valence-electron chi connectivity index (χ3n) is 5.98. The SMILES string of the molecule is CC1=C(c2ccc(C(O)(C(F)(F)F)C(F)(F)F)cc2)C(N(C(=O)[O-])C(=O)[O-])(C(C)(C)C)N(C(C)(C)C)O1. The number of imide groups is 1. The Morgan fingerprint density at radius 2 is 1.30 bits per heavy atom. The van der Waals surface area contributed by atoms with Crippen molar-refractivity contribution in [2.45, 2.75) is 77.6 Å². The van der Waals surface area contributed by atoms with Gasteiger partial charge in [-0.05, 0) is 33.3 Å². The number of carboxylic acid groups (broad SMARTS) is 2. The first kappa shape index (κ1) is 30.2. The Bertz CT molecular complexity index is 1070. The Balaban J connectivity index is 2.95. The molecular formula is C23H26F6N2O6-2. The number of alkyl halides is 6. The smallest absolute Gasteiger partial charge is 0.430 e. The second kappa shape index (κ2) is 8.79. The van der Waals surface area contributed by atoms with Gasteiger partial charge in [-0.1, -0.05) is 45.0 Å². The molecule has 0 spiro atoms. The number of rotatable bonds is 3. The summed E-state index contributed by atoms with van der Waals surface area (Å²) >= 11 is 0. The molecule has 1 atom stereocenters. The van der Waals surface area contributed by atoms with Gasteiger partial charge in [0.2, 0.25) is 0 Å². The van der Waals surface area contributed by atoms with Crippen LogP contribution in [0.4, 0.5) is 35.9 Å². The fourth-order valence-corrected chi connectivity index (χ4v) is 4.55. The normalized spacial score (nSPS) is 20.2. The van der Waals surface area contributed by atoms with E-state index in [0.717, 1.165) is 17.2 Å². The predicted octanol–water partition coefficient (Wildman–Crippen LogP) is 3.51. The Labute approximate surface area is 208 Å². The molecule has 2 rings (SSSR count). The molecule has 1 aromatic carbocycles. The van der Waals surface area contributed by atoms with Crippen LogP contribution in [0, 0.1) is 5.41 Å². The van der Waals surface area contributed by atoms with Crippen LogP contribution in [0.15, 0.2) is 30.0 Å². The van der Waals surface area contributed by atoms with Crippen molar-refractivity contribution in [3.05, 3.63) is 41.2 Å². The van der Waals surface area contributed by atoms with Crippen molar-refractivity contribution in [2.75, 3.05) is 0 Å². The molecule has 0 radical (unpaired) electrons. The van der Waals surface area contributed by atoms with Gasteiger partial charge in [0.25, 0.3) is 5.60 Å². The van der Waals surface area contributed by atoms with Crippen LogP contribution in [0.1, 0.15) is 59.6 Å². The van der Waals surface area contributed by atoms with Crippen LogP contribution in [0.25, 0.3) is 5.57 Å². The van der Waals surface area contributed by atoms with E-state index in [-0.39, 0.29) is 21.8 Å². The first-order valence-electron chi connectivity index (χ1n) is 10.8. The van der Waals surface area contributed by atoms with Gasteiger partial charge in [-0.25, -0.2) is 0 Å². The summed E-state index contributed by atoms with van der Waals surface area (Å²) < 4.78 is 80.0. The molecule has 0 fully saturated rings. The number of benzene rings is 1. The summed E-state index contributed by atoms with van der Waals surface area (Å²) in [6, 6.07) is 2.28. The van der Waals surface area contributed by atoms with Crippen molar-refractivity contribution in [1.82, 2.24) is 9.96 Å². The standard InChI is InChI=1S/C23H28F6N2O6/c1-12-15(13-8-10-14(11-9-13)20(36,22(24,25)26)23(27,28)29)21(18(2,3)4,30(16(32)33)17(34)35)31(37-12)19(5,6)7/h8-11,36H,1-7H3,(H,32,33)(H,34,35)/p-2. The van der Waals surface area contributed by atoms with Crippen LogP contribution in [-0.2, 0) is 10.4 Å². The van der Waals surface area contributed by atoms with Gasteiger partial charge in [-0.3, -0.25) is 4.90 Å². The van der Waals surface area contributed by atoms with E-state index in [9.17, 15) is 51.3 Å². The quantitative estimate of drug-likeness (QED) is 0.584. The van der Waals surface area contributed by atoms with Gasteiger partial charge in [-0.2, -0.15) is 26.3 Å². The highest BCUT2D eigenvalue weighted by molar-refractivity contribution is 5.91. The van der Waals surface area contributed by atoms with Gasteiger partial charge in [0.05, 0.1) is 5.54 Å². The first-order valence-corrected chi connectivity index (χ1v) is 10.8. The second-order valence-electron chi connectivity index (χ2n) is 10.6. The van der Waals surface area contributed by atoms with Gasteiger partial charge in [0, 0.05) is 16.6 Å². The number of halogens is 6. The van der Waals surface area contributed by atoms with E-state index >= 15 is 0 Å². The van der Waals surface area contributed by atoms with Gasteiger partial charge in [-0.15, -0.1) is 5.06 Å². The van der Waals surface area contributed by atoms with E-state index in [4.69, 9.17) is 4.84 Å². The number of allylic oxidation sites excluding steroid dienone is 1. The van der Waals surface area contributed by atoms with Gasteiger partial charge in [0.1, 0.15) is 17.9 Å². The van der Waals surface area contributed by atoms with E-state index in [2.05, 4.69) is 0 Å². The molecule has 37 heavy (non-hydrogen) atoms. The summed E-state index contributed by atoms with van der Waals surface area (Å²) in [6.45, 7) is 10.3. The summed E-state index contributed by atoms with van der Waals surface area (Å²) in [7, 11) is 0. The molecule has 2 amide bonds. The van der Waals surface area contributed by atoms with Crippen molar-refractivity contribution in [1.29, 1.82) is 0 Å². The lowest BCUT2D eigenvalue weighted by Gasteiger charge is -2.57. The Kier molecular flexibility index (Phi) is 7.18. The summed E-state index contributed by atoms with van der Waals surface area (Å²) in [6.07, 6.45) is -16.7. The molecule has 0 aliphatic carbocycles. The summed E-state index contributed by atoms with van der Waals surface area (Å²) in [4.78, 5) is 30.0. The summed E-state index contributed by atoms with van der Waals surface area (Å²) in [5.41, 5.74) is -11.9. The molecule has 1 aromatic rings. The number of hydroxylamine groups is 2. The predicted molar refractivity (Wildman–Crippen MR) is 113 cm³/mol. The van der Waals surface area contributed by atoms with E-state index in [1.165, 1.54) is 27.7 Å². The molecule has 1 aliphatic rings. The molecule has 0 saturated heterocycles. The van der Waals surface area contributed by atoms with Gasteiger partial charge < -0.3 is 29.7 Å². The molecule has 0 bridgehead atoms. The molecule has 1 N–H and O–H groups in total. The Morgan fingerprint density at radius 3 is 1.59 bits per heavy atom. The molecule has 1 heterocycles. The van der Waals surface area contributed by atoms with Gasteiger partial charge >= 0.3 is 12.4 Å². The van der Waals surface area contributed by atoms with Crippen LogP contribution in [0.2, 0.25) is 0 Å². The van der Waals surface area contributed by atoms with Crippen LogP contribution in [0.5, 0.6) is 0 Å². The molecule has 0 saturated carbocycles. The van der Waals surface area contributed by atoms with Crippen molar-refractivity contribution >= 4 is 17.8 Å². The van der Waals surface area contributed by atoms with Crippen LogP contribution in [-0.4, -0.2) is 50.8 Å². The van der Waals surface area contributed by atoms with Crippen molar-refractivity contribution < 1.29 is 56.1 Å². The topological polar surface area (TPSA) is 116 Å². The van der Waals surface area contributed by atoms with Crippen molar-refractivity contribution in [3.63, 3.8) is 0 Å². The maximum absolute atomic E-state index is 13.3. The average molecular weight is 540 g/mol. The van der Waals surface area contributed by atoms with Gasteiger partial charge in [0.15, 0.2) is 5.66 Å². The zero-order valence-corrected chi connectivity index (χ0v) is 21.0. The number of hydrogen-bond acceptors (Lipinski definition) is 7.